The predicted octanol–water partition coefficient (Wildman–Crippen LogP) is 7.65. The van der Waals surface area contributed by atoms with Gasteiger partial charge in [0.25, 0.3) is 11.1 Å². The summed E-state index contributed by atoms with van der Waals surface area (Å²) in [6, 6.07) is 20.5. The van der Waals surface area contributed by atoms with Crippen molar-refractivity contribution < 1.29 is 36.5 Å². The van der Waals surface area contributed by atoms with E-state index in [1.807, 2.05) is 0 Å². The maximum atomic E-state index is 14.8. The van der Waals surface area contributed by atoms with Gasteiger partial charge in [-0.05, 0) is 111 Å². The zero-order valence-corrected chi connectivity index (χ0v) is 40.2. The summed E-state index contributed by atoms with van der Waals surface area (Å²) in [4.78, 5) is 29.4. The van der Waals surface area contributed by atoms with E-state index >= 15 is 0 Å². The van der Waals surface area contributed by atoms with E-state index < -0.39 is 5.82 Å². The molecule has 2 aromatic heterocycles. The molecule has 6 aliphatic rings. The van der Waals surface area contributed by atoms with E-state index in [0.29, 0.717) is 86.8 Å². The maximum absolute atomic E-state index is 14.8. The number of hydrogen-bond acceptors (Lipinski definition) is 10. The van der Waals surface area contributed by atoms with Crippen LogP contribution in [0.4, 0.5) is 17.6 Å². The van der Waals surface area contributed by atoms with Gasteiger partial charge in [0.15, 0.2) is 34.6 Å². The first-order chi connectivity index (χ1) is 33.2. The minimum Gasteiger partial charge on any atom is -0.486 e. The molecule has 0 saturated carbocycles. The number of pyridine rings is 2. The van der Waals surface area contributed by atoms with E-state index in [-0.39, 0.29) is 82.8 Å². The number of piperidine rings is 2. The number of likely N-dealkylation sites (tertiary alicyclic amines) is 2. The average molecular weight is 1010 g/mol. The molecular weight excluding hydrogens is 952 g/mol. The minimum atomic E-state index is -0.393. The molecule has 372 valence electrons. The number of aromatic nitrogens is 2. The lowest BCUT2D eigenvalue weighted by atomic mass is 9.96. The smallest absolute Gasteiger partial charge is 0.251 e. The van der Waals surface area contributed by atoms with Crippen LogP contribution < -0.4 is 40.7 Å². The maximum Gasteiger partial charge on any atom is 0.251 e. The summed E-state index contributed by atoms with van der Waals surface area (Å²) in [5.74, 6) is 0.129. The number of nitrogens with zero attached hydrogens (tertiary/aromatic N) is 4. The van der Waals surface area contributed by atoms with E-state index in [0.717, 1.165) is 92.3 Å². The molecule has 2 saturated heterocycles. The van der Waals surface area contributed by atoms with Crippen molar-refractivity contribution in [3.05, 3.63) is 139 Å². The fourth-order valence-electron chi connectivity index (χ4n) is 11.2. The molecule has 0 spiro atoms. The molecule has 12 nitrogen and oxygen atoms in total. The highest BCUT2D eigenvalue weighted by Gasteiger charge is 2.33. The quantitative estimate of drug-likeness (QED) is 0.133. The zero-order chi connectivity index (χ0) is 46.5. The van der Waals surface area contributed by atoms with Gasteiger partial charge in [0.2, 0.25) is 0 Å². The van der Waals surface area contributed by atoms with Gasteiger partial charge < -0.3 is 48.5 Å². The summed E-state index contributed by atoms with van der Waals surface area (Å²) in [6.07, 6.45) is 3.79. The van der Waals surface area contributed by atoms with Gasteiger partial charge in [0, 0.05) is 97.6 Å². The van der Waals surface area contributed by atoms with Crippen molar-refractivity contribution in [1.82, 2.24) is 29.6 Å². The Kier molecular flexibility index (Phi) is 15.0. The van der Waals surface area contributed by atoms with Crippen LogP contribution in [-0.4, -0.2) is 96.7 Å². The van der Waals surface area contributed by atoms with E-state index in [9.17, 15) is 27.2 Å². The summed E-state index contributed by atoms with van der Waals surface area (Å²) in [5, 5.41) is 8.88. The topological polar surface area (TPSA) is 111 Å². The van der Waals surface area contributed by atoms with Crippen LogP contribution in [0.3, 0.4) is 0 Å². The van der Waals surface area contributed by atoms with Crippen molar-refractivity contribution in [3.63, 3.8) is 0 Å². The first-order valence-corrected chi connectivity index (χ1v) is 23.9. The van der Waals surface area contributed by atoms with Crippen LogP contribution in [0, 0.1) is 23.3 Å². The molecule has 70 heavy (non-hydrogen) atoms. The molecule has 2 N–H and O–H groups in total. The van der Waals surface area contributed by atoms with Crippen LogP contribution in [0.5, 0.6) is 23.0 Å². The molecule has 0 bridgehead atoms. The zero-order valence-electron chi connectivity index (χ0n) is 38.5. The van der Waals surface area contributed by atoms with Crippen LogP contribution in [0.2, 0.25) is 0 Å². The highest BCUT2D eigenvalue weighted by molar-refractivity contribution is 5.86. The van der Waals surface area contributed by atoms with Gasteiger partial charge in [0.1, 0.15) is 38.1 Å². The largest absolute Gasteiger partial charge is 0.486 e. The normalized spacial score (nSPS) is 19.7. The van der Waals surface area contributed by atoms with Crippen molar-refractivity contribution in [2.45, 2.75) is 75.8 Å². The molecule has 0 amide bonds. The molecule has 8 heterocycles. The summed E-state index contributed by atoms with van der Waals surface area (Å²) in [7, 11) is 0. The molecule has 0 aliphatic carbocycles. The van der Waals surface area contributed by atoms with E-state index in [4.69, 9.17) is 18.9 Å². The van der Waals surface area contributed by atoms with Gasteiger partial charge in [-0.2, -0.15) is 0 Å². The Balaban J connectivity index is 0.000000169. The Labute approximate surface area is 414 Å². The highest BCUT2D eigenvalue weighted by Crippen LogP contribution is 2.39. The molecule has 6 aromatic rings. The van der Waals surface area contributed by atoms with Gasteiger partial charge in [-0.1, -0.05) is 12.1 Å². The molecule has 18 heteroatoms. The van der Waals surface area contributed by atoms with Crippen LogP contribution in [-0.2, 0) is 26.2 Å². The third kappa shape index (κ3) is 9.70. The number of rotatable bonds is 10. The Hall–Kier alpha value is -5.36. The predicted molar refractivity (Wildman–Crippen MR) is 264 cm³/mol. The number of benzene rings is 4. The first kappa shape index (κ1) is 49.6. The number of ether oxygens (including phenoxy) is 4. The Bertz CT molecular complexity index is 3010. The van der Waals surface area contributed by atoms with E-state index in [1.165, 1.54) is 18.2 Å². The van der Waals surface area contributed by atoms with Crippen molar-refractivity contribution in [2.24, 2.45) is 0 Å². The fraction of sp³-hybridized carbons (Fsp3) is 0.423. The molecule has 12 rings (SSSR count). The molecule has 0 unspecified atom stereocenters. The fourth-order valence-corrected chi connectivity index (χ4v) is 11.2. The lowest BCUT2D eigenvalue weighted by molar-refractivity contribution is 0.161. The van der Waals surface area contributed by atoms with Crippen molar-refractivity contribution in [2.75, 3.05) is 65.7 Å². The second-order valence-electron chi connectivity index (χ2n) is 18.8. The molecule has 6 aliphatic heterocycles. The molecule has 2 fully saturated rings. The summed E-state index contributed by atoms with van der Waals surface area (Å²) < 4.78 is 83.7. The van der Waals surface area contributed by atoms with E-state index in [2.05, 4.69) is 20.4 Å². The van der Waals surface area contributed by atoms with Gasteiger partial charge in [-0.15, -0.1) is 24.8 Å². The number of nitrogens with one attached hydrogen (secondary N) is 2. The van der Waals surface area contributed by atoms with Gasteiger partial charge in [-0.3, -0.25) is 9.59 Å². The second kappa shape index (κ2) is 21.2. The second-order valence-corrected chi connectivity index (χ2v) is 18.8. The summed E-state index contributed by atoms with van der Waals surface area (Å²) in [6.45, 7) is 8.67. The SMILES string of the molecule is Cl.Cl.O=c1ccc2ccc(F)c3c2n1C[C@H]3CN1CCC(NCc2ccc(F)c3c2OCCO3)CC1.O=c1ccc2ccc(F)c3c2n1C[C@H]3CN1CCC(NCc2ccc3c(c2F)OCCO3)CC1. The number of fused-ring (bicyclic) bond motifs is 2. The van der Waals surface area contributed by atoms with Crippen LogP contribution in [0.25, 0.3) is 21.8 Å². The Morgan fingerprint density at radius 3 is 1.49 bits per heavy atom. The van der Waals surface area contributed by atoms with Crippen LogP contribution in [0.15, 0.2) is 82.4 Å². The van der Waals surface area contributed by atoms with Crippen LogP contribution in [0.1, 0.15) is 59.8 Å². The third-order valence-electron chi connectivity index (χ3n) is 14.6. The number of hydrogen-bond donors (Lipinski definition) is 2. The summed E-state index contributed by atoms with van der Waals surface area (Å²) >= 11 is 0. The van der Waals surface area contributed by atoms with Gasteiger partial charge >= 0.3 is 0 Å². The highest BCUT2D eigenvalue weighted by atomic mass is 35.5. The van der Waals surface area contributed by atoms with E-state index in [1.54, 1.807) is 63.7 Å². The van der Waals surface area contributed by atoms with Crippen molar-refractivity contribution >= 4 is 46.6 Å². The molecular formula is C52H56Cl2F4N6O6. The van der Waals surface area contributed by atoms with Crippen molar-refractivity contribution in [1.29, 1.82) is 0 Å². The lowest BCUT2D eigenvalue weighted by Crippen LogP contribution is -2.43. The first-order valence-electron chi connectivity index (χ1n) is 23.9. The molecule has 2 atom stereocenters. The standard InChI is InChI=1S/2C26H27F2N3O3.2ClH/c27-20-4-1-16-3-6-22(32)31-15-18(23(20)25(16)31)14-30-9-7-19(8-10-30)29-13-17-2-5-21-26(24(17)28)34-12-11-33-21;27-20-4-1-16-3-6-22(32)31-15-18(23(20)24(16)31)14-30-9-7-19(8-10-30)29-13-17-2-5-21(28)26-25(17)33-11-12-34-26;;/h2*1-6,18-19,29H,7-15H2;2*1H/t2*18-;;/m11../s1. The lowest BCUT2D eigenvalue weighted by Gasteiger charge is -2.34. The molecule has 0 radical (unpaired) electrons. The Morgan fingerprint density at radius 1 is 0.500 bits per heavy atom. The summed E-state index contributed by atoms with van der Waals surface area (Å²) in [5.41, 5.74) is 4.18. The monoisotopic (exact) mass is 1010 g/mol. The van der Waals surface area contributed by atoms with Crippen LogP contribution >= 0.6 is 24.8 Å². The molecule has 4 aromatic carbocycles. The average Bonchev–Trinajstić information content (AvgIpc) is 3.95. The van der Waals surface area contributed by atoms with Gasteiger partial charge in [-0.25, -0.2) is 17.6 Å². The van der Waals surface area contributed by atoms with Crippen molar-refractivity contribution in [3.8, 4) is 23.0 Å². The van der Waals surface area contributed by atoms with Gasteiger partial charge in [0.05, 0.1) is 11.0 Å². The Morgan fingerprint density at radius 2 is 0.943 bits per heavy atom. The minimum absolute atomic E-state index is 0. The number of halogens is 6. The third-order valence-corrected chi connectivity index (χ3v) is 14.6.